The Morgan fingerprint density at radius 2 is 2.05 bits per heavy atom. The molecule has 0 heterocycles. The number of nitrogens with one attached hydrogen (secondary N) is 1. The van der Waals surface area contributed by atoms with Crippen molar-refractivity contribution in [2.45, 2.75) is 6.92 Å². The van der Waals surface area contributed by atoms with Crippen LogP contribution >= 0.6 is 0 Å². The van der Waals surface area contributed by atoms with E-state index in [2.05, 4.69) is 10.1 Å². The largest absolute Gasteiger partial charge is 0.481 e. The van der Waals surface area contributed by atoms with Crippen LogP contribution in [0, 0.1) is 5.92 Å². The predicted octanol–water partition coefficient (Wildman–Crippen LogP) is 1.66. The summed E-state index contributed by atoms with van der Waals surface area (Å²) in [5.74, 6) is -2.14. The number of esters is 1. The highest BCUT2D eigenvalue weighted by Crippen LogP contribution is 2.12. The zero-order valence-electron chi connectivity index (χ0n) is 12.1. The molecule has 7 nitrogen and oxygen atoms in total. The molecule has 0 saturated heterocycles. The van der Waals surface area contributed by atoms with Gasteiger partial charge in [0.15, 0.2) is 0 Å². The summed E-state index contributed by atoms with van der Waals surface area (Å²) in [7, 11) is 2.77. The number of benzene rings is 1. The van der Waals surface area contributed by atoms with Gasteiger partial charge in [0.1, 0.15) is 0 Å². The fourth-order valence-corrected chi connectivity index (χ4v) is 1.63. The smallest absolute Gasteiger partial charge is 0.337 e. The lowest BCUT2D eigenvalue weighted by Crippen LogP contribution is -2.36. The maximum Gasteiger partial charge on any atom is 0.337 e. The van der Waals surface area contributed by atoms with Crippen LogP contribution in [0.1, 0.15) is 17.3 Å². The number of carbonyl (C=O) groups is 3. The van der Waals surface area contributed by atoms with E-state index in [0.717, 1.165) is 0 Å². The summed E-state index contributed by atoms with van der Waals surface area (Å²) in [6, 6.07) is 5.83. The summed E-state index contributed by atoms with van der Waals surface area (Å²) in [5, 5.41) is 11.4. The molecule has 21 heavy (non-hydrogen) atoms. The molecule has 0 saturated carbocycles. The van der Waals surface area contributed by atoms with Gasteiger partial charge in [-0.2, -0.15) is 0 Å². The number of nitrogens with zero attached hydrogens (tertiary/aromatic N) is 1. The van der Waals surface area contributed by atoms with Gasteiger partial charge in [0.25, 0.3) is 0 Å². The van der Waals surface area contributed by atoms with Crippen LogP contribution in [0.2, 0.25) is 0 Å². The third-order valence-electron chi connectivity index (χ3n) is 2.85. The average Bonchev–Trinajstić information content (AvgIpc) is 2.46. The summed E-state index contributed by atoms with van der Waals surface area (Å²) in [4.78, 5) is 35.3. The third kappa shape index (κ3) is 4.79. The van der Waals surface area contributed by atoms with Crippen molar-refractivity contribution < 1.29 is 24.2 Å². The van der Waals surface area contributed by atoms with Crippen LogP contribution in [0.4, 0.5) is 10.5 Å². The normalized spacial score (nSPS) is 11.4. The Balaban J connectivity index is 2.70. The van der Waals surface area contributed by atoms with Crippen molar-refractivity contribution in [2.24, 2.45) is 5.92 Å². The van der Waals surface area contributed by atoms with Gasteiger partial charge in [-0.1, -0.05) is 13.0 Å². The summed E-state index contributed by atoms with van der Waals surface area (Å²) >= 11 is 0. The molecule has 1 aromatic rings. The Morgan fingerprint density at radius 3 is 2.62 bits per heavy atom. The van der Waals surface area contributed by atoms with Crippen LogP contribution in [0.15, 0.2) is 24.3 Å². The molecule has 0 aromatic heterocycles. The third-order valence-corrected chi connectivity index (χ3v) is 2.85. The SMILES string of the molecule is COC(=O)c1cccc(NC(=O)N(C)CC(C)C(=O)O)c1. The molecule has 2 N–H and O–H groups in total. The number of anilines is 1. The molecule has 114 valence electrons. The number of hydrogen-bond acceptors (Lipinski definition) is 4. The summed E-state index contributed by atoms with van der Waals surface area (Å²) in [6.45, 7) is 1.60. The molecule has 7 heteroatoms. The molecule has 0 aliphatic rings. The maximum atomic E-state index is 11.9. The number of urea groups is 1. The molecule has 1 unspecified atom stereocenters. The minimum absolute atomic E-state index is 0.0812. The Hall–Kier alpha value is -2.57. The van der Waals surface area contributed by atoms with Crippen molar-refractivity contribution in [3.05, 3.63) is 29.8 Å². The lowest BCUT2D eigenvalue weighted by atomic mass is 10.2. The fourth-order valence-electron chi connectivity index (χ4n) is 1.63. The topological polar surface area (TPSA) is 95.9 Å². The van der Waals surface area contributed by atoms with E-state index < -0.39 is 23.9 Å². The summed E-state index contributed by atoms with van der Waals surface area (Å²) in [5.41, 5.74) is 0.745. The van der Waals surface area contributed by atoms with E-state index in [1.54, 1.807) is 18.2 Å². The second kappa shape index (κ2) is 7.28. The van der Waals surface area contributed by atoms with E-state index in [-0.39, 0.29) is 6.54 Å². The van der Waals surface area contributed by atoms with Crippen LogP contribution in [-0.2, 0) is 9.53 Å². The molecule has 1 aromatic carbocycles. The molecule has 0 bridgehead atoms. The second-order valence-electron chi connectivity index (χ2n) is 4.62. The van der Waals surface area contributed by atoms with Gasteiger partial charge in [0.2, 0.25) is 0 Å². The fraction of sp³-hybridized carbons (Fsp3) is 0.357. The zero-order valence-corrected chi connectivity index (χ0v) is 12.1. The van der Waals surface area contributed by atoms with Crippen LogP contribution in [0.5, 0.6) is 0 Å². The average molecular weight is 294 g/mol. The van der Waals surface area contributed by atoms with Crippen LogP contribution < -0.4 is 5.32 Å². The summed E-state index contributed by atoms with van der Waals surface area (Å²) in [6.07, 6.45) is 0. The van der Waals surface area contributed by atoms with Crippen molar-refractivity contribution in [3.8, 4) is 0 Å². The number of methoxy groups -OCH3 is 1. The first kappa shape index (κ1) is 16.5. The van der Waals surface area contributed by atoms with Crippen LogP contribution in [-0.4, -0.2) is 48.7 Å². The molecule has 0 aliphatic carbocycles. The monoisotopic (exact) mass is 294 g/mol. The molecule has 0 radical (unpaired) electrons. The minimum Gasteiger partial charge on any atom is -0.481 e. The molecule has 0 aliphatic heterocycles. The highest BCUT2D eigenvalue weighted by Gasteiger charge is 2.17. The van der Waals surface area contributed by atoms with Crippen molar-refractivity contribution in [2.75, 3.05) is 26.0 Å². The van der Waals surface area contributed by atoms with E-state index in [0.29, 0.717) is 11.3 Å². The molecule has 1 atom stereocenters. The predicted molar refractivity (Wildman–Crippen MR) is 76.2 cm³/mol. The number of amides is 2. The number of hydrogen-bond donors (Lipinski definition) is 2. The first-order valence-electron chi connectivity index (χ1n) is 6.28. The molecule has 2 amide bonds. The highest BCUT2D eigenvalue weighted by molar-refractivity contribution is 5.93. The Bertz CT molecular complexity index is 544. The quantitative estimate of drug-likeness (QED) is 0.805. The first-order valence-corrected chi connectivity index (χ1v) is 6.28. The lowest BCUT2D eigenvalue weighted by molar-refractivity contribution is -0.141. The maximum absolute atomic E-state index is 11.9. The van der Waals surface area contributed by atoms with Gasteiger partial charge in [-0.3, -0.25) is 4.79 Å². The first-order chi connectivity index (χ1) is 9.85. The van der Waals surface area contributed by atoms with Crippen molar-refractivity contribution in [3.63, 3.8) is 0 Å². The standard InChI is InChI=1S/C14H18N2O5/c1-9(12(17)18)8-16(2)14(20)15-11-6-4-5-10(7-11)13(19)21-3/h4-7,9H,8H2,1-3H3,(H,15,20)(H,17,18). The van der Waals surface area contributed by atoms with Crippen LogP contribution in [0.3, 0.4) is 0 Å². The van der Waals surface area contributed by atoms with E-state index in [9.17, 15) is 14.4 Å². The number of carboxylic acid groups (broad SMARTS) is 1. The zero-order chi connectivity index (χ0) is 16.0. The van der Waals surface area contributed by atoms with Crippen LogP contribution in [0.25, 0.3) is 0 Å². The van der Waals surface area contributed by atoms with Gasteiger partial charge in [-0.05, 0) is 18.2 Å². The van der Waals surface area contributed by atoms with E-state index in [1.165, 1.54) is 32.0 Å². The van der Waals surface area contributed by atoms with Crippen molar-refractivity contribution in [1.82, 2.24) is 4.90 Å². The highest BCUT2D eigenvalue weighted by atomic mass is 16.5. The van der Waals surface area contributed by atoms with Gasteiger partial charge >= 0.3 is 18.0 Å². The molecular formula is C14H18N2O5. The van der Waals surface area contributed by atoms with Crippen molar-refractivity contribution >= 4 is 23.7 Å². The van der Waals surface area contributed by atoms with E-state index in [4.69, 9.17) is 5.11 Å². The number of rotatable bonds is 5. The van der Waals surface area contributed by atoms with E-state index >= 15 is 0 Å². The van der Waals surface area contributed by atoms with Gasteiger partial charge in [-0.25, -0.2) is 9.59 Å². The molecular weight excluding hydrogens is 276 g/mol. The lowest BCUT2D eigenvalue weighted by Gasteiger charge is -2.20. The van der Waals surface area contributed by atoms with Gasteiger partial charge in [0.05, 0.1) is 18.6 Å². The Labute approximate surface area is 122 Å². The van der Waals surface area contributed by atoms with Crippen molar-refractivity contribution in [1.29, 1.82) is 0 Å². The second-order valence-corrected chi connectivity index (χ2v) is 4.62. The number of aliphatic carboxylic acids is 1. The Morgan fingerprint density at radius 1 is 1.38 bits per heavy atom. The number of carboxylic acids is 1. The van der Waals surface area contributed by atoms with E-state index in [1.807, 2.05) is 0 Å². The van der Waals surface area contributed by atoms with Gasteiger partial charge in [0, 0.05) is 19.3 Å². The Kier molecular flexibility index (Phi) is 5.71. The van der Waals surface area contributed by atoms with Gasteiger partial charge in [-0.15, -0.1) is 0 Å². The minimum atomic E-state index is -0.970. The molecule has 0 spiro atoms. The van der Waals surface area contributed by atoms with Gasteiger partial charge < -0.3 is 20.1 Å². The molecule has 1 rings (SSSR count). The number of ether oxygens (including phenoxy) is 1. The number of carbonyl (C=O) groups excluding carboxylic acids is 2. The molecule has 0 fully saturated rings. The summed E-state index contributed by atoms with van der Waals surface area (Å²) < 4.78 is 4.60.